The third-order valence-electron chi connectivity index (χ3n) is 6.39. The maximum atomic E-state index is 14.1. The molecular weight excluding hydrogens is 585 g/mol. The Morgan fingerprint density at radius 3 is 2.15 bits per heavy atom. The molecule has 8 nitrogen and oxygen atoms in total. The third-order valence-corrected chi connectivity index (χ3v) is 8.73. The van der Waals surface area contributed by atoms with Crippen molar-refractivity contribution in [2.75, 3.05) is 18.0 Å². The Bertz CT molecular complexity index is 1460. The molecule has 41 heavy (non-hydrogen) atoms. The summed E-state index contributed by atoms with van der Waals surface area (Å²) in [6.07, 6.45) is 0.316. The van der Waals surface area contributed by atoms with Gasteiger partial charge in [-0.05, 0) is 75.2 Å². The molecule has 220 valence electrons. The summed E-state index contributed by atoms with van der Waals surface area (Å²) in [4.78, 5) is 28.7. The zero-order valence-electron chi connectivity index (χ0n) is 23.7. The van der Waals surface area contributed by atoms with E-state index < -0.39 is 28.5 Å². The van der Waals surface area contributed by atoms with Gasteiger partial charge in [0.05, 0.1) is 22.7 Å². The minimum atomic E-state index is -4.22. The number of anilines is 1. The summed E-state index contributed by atoms with van der Waals surface area (Å²) in [5, 5.41) is 3.59. The lowest BCUT2D eigenvalue weighted by atomic mass is 10.1. The fourth-order valence-electron chi connectivity index (χ4n) is 4.26. The molecule has 0 aliphatic carbocycles. The number of aryl methyl sites for hydroxylation is 1. The predicted molar refractivity (Wildman–Crippen MR) is 163 cm³/mol. The van der Waals surface area contributed by atoms with E-state index in [9.17, 15) is 18.0 Å². The van der Waals surface area contributed by atoms with E-state index in [0.29, 0.717) is 17.2 Å². The molecule has 3 aromatic carbocycles. The van der Waals surface area contributed by atoms with Crippen LogP contribution in [0.1, 0.15) is 38.3 Å². The predicted octanol–water partition coefficient (Wildman–Crippen LogP) is 5.84. The van der Waals surface area contributed by atoms with E-state index in [1.807, 2.05) is 20.8 Å². The number of ether oxygens (including phenoxy) is 1. The van der Waals surface area contributed by atoms with E-state index in [2.05, 4.69) is 5.32 Å². The van der Waals surface area contributed by atoms with Crippen molar-refractivity contribution in [3.63, 3.8) is 0 Å². The van der Waals surface area contributed by atoms with Crippen LogP contribution in [0.5, 0.6) is 5.75 Å². The lowest BCUT2D eigenvalue weighted by Gasteiger charge is -2.33. The second-order valence-corrected chi connectivity index (χ2v) is 12.6. The van der Waals surface area contributed by atoms with E-state index >= 15 is 0 Å². The molecule has 11 heteroatoms. The van der Waals surface area contributed by atoms with Gasteiger partial charge in [0.25, 0.3) is 10.0 Å². The number of sulfonamides is 1. The Hall–Kier alpha value is -3.27. The van der Waals surface area contributed by atoms with Crippen LogP contribution < -0.4 is 14.4 Å². The molecule has 1 unspecified atom stereocenters. The Morgan fingerprint density at radius 1 is 0.976 bits per heavy atom. The summed E-state index contributed by atoms with van der Waals surface area (Å²) in [7, 11) is -2.77. The summed E-state index contributed by atoms with van der Waals surface area (Å²) in [6.45, 7) is 6.82. The average Bonchev–Trinajstić information content (AvgIpc) is 2.92. The zero-order chi connectivity index (χ0) is 30.3. The number of carbonyl (C=O) groups is 2. The van der Waals surface area contributed by atoms with E-state index in [4.69, 9.17) is 27.9 Å². The topological polar surface area (TPSA) is 96.0 Å². The van der Waals surface area contributed by atoms with Crippen LogP contribution in [0.4, 0.5) is 5.69 Å². The Labute approximate surface area is 252 Å². The van der Waals surface area contributed by atoms with Gasteiger partial charge in [-0.1, -0.05) is 60.0 Å². The lowest BCUT2D eigenvalue weighted by Crippen LogP contribution is -2.53. The SMILES string of the molecule is CCC(C(=O)NC(C)C)N(Cc1ccc(Cl)cc1)C(=O)CN(c1ccc(OC)c(Cl)c1)S(=O)(=O)c1ccc(C)cc1. The number of hydrogen-bond donors (Lipinski definition) is 1. The van der Waals surface area contributed by atoms with E-state index in [1.54, 1.807) is 43.3 Å². The monoisotopic (exact) mass is 619 g/mol. The first-order valence-electron chi connectivity index (χ1n) is 13.1. The van der Waals surface area contributed by atoms with E-state index in [0.717, 1.165) is 15.4 Å². The van der Waals surface area contributed by atoms with Gasteiger partial charge in [0.15, 0.2) is 0 Å². The first kappa shape index (κ1) is 32.2. The number of amides is 2. The molecular formula is C30H35Cl2N3O5S. The van der Waals surface area contributed by atoms with Gasteiger partial charge in [-0.25, -0.2) is 8.42 Å². The molecule has 0 radical (unpaired) electrons. The number of carbonyl (C=O) groups excluding carboxylic acids is 2. The van der Waals surface area contributed by atoms with Crippen molar-refractivity contribution in [3.8, 4) is 5.75 Å². The van der Waals surface area contributed by atoms with Gasteiger partial charge in [0.1, 0.15) is 18.3 Å². The molecule has 0 saturated heterocycles. The fraction of sp³-hybridized carbons (Fsp3) is 0.333. The maximum Gasteiger partial charge on any atom is 0.264 e. The largest absolute Gasteiger partial charge is 0.495 e. The van der Waals surface area contributed by atoms with Crippen LogP contribution in [0.2, 0.25) is 10.0 Å². The van der Waals surface area contributed by atoms with Crippen molar-refractivity contribution in [2.45, 2.75) is 57.6 Å². The minimum absolute atomic E-state index is 0.0108. The molecule has 0 aliphatic heterocycles. The van der Waals surface area contributed by atoms with Crippen molar-refractivity contribution in [1.29, 1.82) is 0 Å². The summed E-state index contributed by atoms with van der Waals surface area (Å²) in [6, 6.07) is 16.8. The van der Waals surface area contributed by atoms with E-state index in [-0.39, 0.29) is 34.1 Å². The Balaban J connectivity index is 2.09. The number of halogens is 2. The first-order valence-corrected chi connectivity index (χ1v) is 15.3. The van der Waals surface area contributed by atoms with Crippen molar-refractivity contribution >= 4 is 50.7 Å². The molecule has 3 aromatic rings. The van der Waals surface area contributed by atoms with Crippen LogP contribution in [0.3, 0.4) is 0 Å². The van der Waals surface area contributed by atoms with Gasteiger partial charge in [-0.3, -0.25) is 13.9 Å². The highest BCUT2D eigenvalue weighted by molar-refractivity contribution is 7.92. The molecule has 1 atom stereocenters. The van der Waals surface area contributed by atoms with Gasteiger partial charge in [0, 0.05) is 17.6 Å². The van der Waals surface area contributed by atoms with Crippen molar-refractivity contribution in [2.24, 2.45) is 0 Å². The fourth-order valence-corrected chi connectivity index (χ4v) is 6.05. The summed E-state index contributed by atoms with van der Waals surface area (Å²) in [5.74, 6) is -0.534. The summed E-state index contributed by atoms with van der Waals surface area (Å²) in [5.41, 5.74) is 1.80. The highest BCUT2D eigenvalue weighted by Gasteiger charge is 2.34. The molecule has 0 spiro atoms. The highest BCUT2D eigenvalue weighted by atomic mass is 35.5. The maximum absolute atomic E-state index is 14.1. The first-order chi connectivity index (χ1) is 19.4. The Morgan fingerprint density at radius 2 is 1.61 bits per heavy atom. The van der Waals surface area contributed by atoms with Gasteiger partial charge >= 0.3 is 0 Å². The van der Waals surface area contributed by atoms with Crippen molar-refractivity contribution < 1.29 is 22.7 Å². The summed E-state index contributed by atoms with van der Waals surface area (Å²) < 4.78 is 34.2. The van der Waals surface area contributed by atoms with Crippen LogP contribution in [0.15, 0.2) is 71.6 Å². The van der Waals surface area contributed by atoms with Crippen molar-refractivity contribution in [3.05, 3.63) is 87.9 Å². The second kappa shape index (κ2) is 14.1. The smallest absolute Gasteiger partial charge is 0.264 e. The van der Waals surface area contributed by atoms with Crippen LogP contribution >= 0.6 is 23.2 Å². The highest BCUT2D eigenvalue weighted by Crippen LogP contribution is 2.32. The lowest BCUT2D eigenvalue weighted by molar-refractivity contribution is -0.140. The van der Waals surface area contributed by atoms with Gasteiger partial charge < -0.3 is 15.0 Å². The molecule has 0 aromatic heterocycles. The van der Waals surface area contributed by atoms with Crippen LogP contribution in [-0.4, -0.2) is 50.9 Å². The normalized spacial score (nSPS) is 12.1. The molecule has 0 aliphatic rings. The van der Waals surface area contributed by atoms with Gasteiger partial charge in [-0.15, -0.1) is 0 Å². The number of nitrogens with one attached hydrogen (secondary N) is 1. The molecule has 0 heterocycles. The molecule has 0 saturated carbocycles. The number of methoxy groups -OCH3 is 1. The van der Waals surface area contributed by atoms with Crippen LogP contribution in [0.25, 0.3) is 0 Å². The molecule has 0 bridgehead atoms. The molecule has 3 rings (SSSR count). The molecule has 1 N–H and O–H groups in total. The van der Waals surface area contributed by atoms with E-state index in [1.165, 1.54) is 42.3 Å². The number of benzene rings is 3. The van der Waals surface area contributed by atoms with Crippen LogP contribution in [-0.2, 0) is 26.2 Å². The molecule has 2 amide bonds. The third kappa shape index (κ3) is 8.15. The number of nitrogens with zero attached hydrogens (tertiary/aromatic N) is 2. The zero-order valence-corrected chi connectivity index (χ0v) is 26.1. The number of hydrogen-bond acceptors (Lipinski definition) is 5. The Kier molecular flexibility index (Phi) is 11.1. The minimum Gasteiger partial charge on any atom is -0.495 e. The second-order valence-electron chi connectivity index (χ2n) is 9.88. The quantitative estimate of drug-likeness (QED) is 0.275. The number of rotatable bonds is 12. The van der Waals surface area contributed by atoms with Gasteiger partial charge in [-0.2, -0.15) is 0 Å². The van der Waals surface area contributed by atoms with Crippen LogP contribution in [0, 0.1) is 6.92 Å². The summed E-state index contributed by atoms with van der Waals surface area (Å²) >= 11 is 12.4. The molecule has 0 fully saturated rings. The average molecular weight is 621 g/mol. The standard InChI is InChI=1S/C30H35Cl2N3O5S/c1-6-27(30(37)33-20(2)3)34(18-22-9-11-23(31)12-10-22)29(36)19-35(24-13-16-28(40-5)26(32)17-24)41(38,39)25-14-7-21(4)8-15-25/h7-17,20,27H,6,18-19H2,1-5H3,(H,33,37). The van der Waals surface area contributed by atoms with Gasteiger partial charge in [0.2, 0.25) is 11.8 Å². The van der Waals surface area contributed by atoms with Crippen molar-refractivity contribution in [1.82, 2.24) is 10.2 Å².